The van der Waals surface area contributed by atoms with Crippen LogP contribution in [-0.2, 0) is 6.61 Å². The molecule has 1 aromatic carbocycles. The van der Waals surface area contributed by atoms with Crippen molar-refractivity contribution in [2.24, 2.45) is 5.84 Å². The van der Waals surface area contributed by atoms with Crippen LogP contribution in [0.5, 0.6) is 5.75 Å². The fourth-order valence-corrected chi connectivity index (χ4v) is 1.05. The Morgan fingerprint density at radius 1 is 1.33 bits per heavy atom. The Bertz CT molecular complexity index is 399. The molecule has 0 bridgehead atoms. The molecule has 6 nitrogen and oxygen atoms in total. The maximum absolute atomic E-state index is 5.39. The molecular formula is C9H10N4O2. The van der Waals surface area contributed by atoms with Crippen molar-refractivity contribution in [2.45, 2.75) is 6.61 Å². The number of nitrogens with two attached hydrogens (primary N) is 1. The maximum Gasteiger partial charge on any atom is 0.253 e. The van der Waals surface area contributed by atoms with E-state index in [4.69, 9.17) is 15.0 Å². The number of nitrogens with one attached hydrogen (secondary N) is 1. The first-order valence-corrected chi connectivity index (χ1v) is 4.33. The van der Waals surface area contributed by atoms with Crippen molar-refractivity contribution in [2.75, 3.05) is 5.43 Å². The van der Waals surface area contributed by atoms with Gasteiger partial charge in [-0.1, -0.05) is 0 Å². The molecule has 6 heteroatoms. The van der Waals surface area contributed by atoms with E-state index in [1.165, 1.54) is 6.39 Å². The molecule has 15 heavy (non-hydrogen) atoms. The number of aromatic nitrogens is 2. The summed E-state index contributed by atoms with van der Waals surface area (Å²) in [7, 11) is 0. The molecule has 2 aromatic rings. The van der Waals surface area contributed by atoms with Crippen LogP contribution in [0.2, 0.25) is 0 Å². The standard InChI is InChI=1S/C9H10N4O2/c10-12-7-1-3-8(4-2-7)14-5-9-13-11-6-15-9/h1-4,6,12H,5,10H2. The molecule has 2 rings (SSSR count). The zero-order chi connectivity index (χ0) is 10.5. The Morgan fingerprint density at radius 3 is 2.73 bits per heavy atom. The zero-order valence-corrected chi connectivity index (χ0v) is 7.88. The number of nitrogen functional groups attached to an aromatic ring is 1. The van der Waals surface area contributed by atoms with Crippen molar-refractivity contribution in [3.63, 3.8) is 0 Å². The number of hydrazine groups is 1. The lowest BCUT2D eigenvalue weighted by Crippen LogP contribution is -2.06. The number of hydrogen-bond acceptors (Lipinski definition) is 6. The number of rotatable bonds is 4. The number of hydrogen-bond donors (Lipinski definition) is 2. The molecule has 0 atom stereocenters. The highest BCUT2D eigenvalue weighted by atomic mass is 16.5. The minimum atomic E-state index is 0.259. The van der Waals surface area contributed by atoms with Gasteiger partial charge in [-0.05, 0) is 24.3 Å². The fraction of sp³-hybridized carbons (Fsp3) is 0.111. The van der Waals surface area contributed by atoms with Crippen LogP contribution in [0.4, 0.5) is 5.69 Å². The van der Waals surface area contributed by atoms with Gasteiger partial charge in [-0.15, -0.1) is 10.2 Å². The number of nitrogens with zero attached hydrogens (tertiary/aromatic N) is 2. The lowest BCUT2D eigenvalue weighted by molar-refractivity contribution is 0.263. The molecule has 0 radical (unpaired) electrons. The molecule has 0 unspecified atom stereocenters. The topological polar surface area (TPSA) is 86.2 Å². The van der Waals surface area contributed by atoms with E-state index in [0.717, 1.165) is 5.69 Å². The first-order chi connectivity index (χ1) is 7.38. The van der Waals surface area contributed by atoms with Gasteiger partial charge in [0.05, 0.1) is 0 Å². The predicted molar refractivity (Wildman–Crippen MR) is 52.9 cm³/mol. The normalized spacial score (nSPS) is 9.93. The molecule has 0 saturated heterocycles. The van der Waals surface area contributed by atoms with Crippen LogP contribution in [0, 0.1) is 0 Å². The van der Waals surface area contributed by atoms with E-state index in [-0.39, 0.29) is 6.61 Å². The minimum Gasteiger partial charge on any atom is -0.484 e. The molecule has 0 fully saturated rings. The smallest absolute Gasteiger partial charge is 0.253 e. The predicted octanol–water partition coefficient (Wildman–Crippen LogP) is 0.934. The molecule has 0 aliphatic heterocycles. The average molecular weight is 206 g/mol. The Balaban J connectivity index is 1.93. The lowest BCUT2D eigenvalue weighted by Gasteiger charge is -2.04. The molecule has 0 spiro atoms. The summed E-state index contributed by atoms with van der Waals surface area (Å²) in [6.07, 6.45) is 1.26. The van der Waals surface area contributed by atoms with Crippen molar-refractivity contribution in [1.29, 1.82) is 0 Å². The van der Waals surface area contributed by atoms with Gasteiger partial charge in [-0.3, -0.25) is 5.84 Å². The van der Waals surface area contributed by atoms with Crippen molar-refractivity contribution in [3.8, 4) is 5.75 Å². The first-order valence-electron chi connectivity index (χ1n) is 4.33. The van der Waals surface area contributed by atoms with E-state index in [1.807, 2.05) is 12.1 Å². The molecule has 0 saturated carbocycles. The highest BCUT2D eigenvalue weighted by molar-refractivity contribution is 5.45. The second-order valence-electron chi connectivity index (χ2n) is 2.79. The highest BCUT2D eigenvalue weighted by Crippen LogP contribution is 2.15. The summed E-state index contributed by atoms with van der Waals surface area (Å²) in [6, 6.07) is 7.21. The summed E-state index contributed by atoms with van der Waals surface area (Å²) in [5, 5.41) is 7.23. The maximum atomic E-state index is 5.39. The molecule has 1 aromatic heterocycles. The molecular weight excluding hydrogens is 196 g/mol. The molecule has 3 N–H and O–H groups in total. The van der Waals surface area contributed by atoms with Gasteiger partial charge in [0.15, 0.2) is 6.61 Å². The molecule has 78 valence electrons. The van der Waals surface area contributed by atoms with Crippen LogP contribution in [0.3, 0.4) is 0 Å². The van der Waals surface area contributed by atoms with Crippen LogP contribution < -0.4 is 16.0 Å². The van der Waals surface area contributed by atoms with Gasteiger partial charge in [0, 0.05) is 5.69 Å². The molecule has 0 aliphatic rings. The van der Waals surface area contributed by atoms with Gasteiger partial charge in [-0.25, -0.2) is 0 Å². The van der Waals surface area contributed by atoms with Gasteiger partial charge in [0.2, 0.25) is 6.39 Å². The monoisotopic (exact) mass is 206 g/mol. The van der Waals surface area contributed by atoms with Gasteiger partial charge < -0.3 is 14.6 Å². The van der Waals surface area contributed by atoms with Crippen molar-refractivity contribution >= 4 is 5.69 Å². The van der Waals surface area contributed by atoms with E-state index in [1.54, 1.807) is 12.1 Å². The van der Waals surface area contributed by atoms with E-state index >= 15 is 0 Å². The van der Waals surface area contributed by atoms with Gasteiger partial charge >= 0.3 is 0 Å². The van der Waals surface area contributed by atoms with Crippen LogP contribution in [-0.4, -0.2) is 10.2 Å². The van der Waals surface area contributed by atoms with E-state index < -0.39 is 0 Å². The van der Waals surface area contributed by atoms with Crippen molar-refractivity contribution in [3.05, 3.63) is 36.5 Å². The van der Waals surface area contributed by atoms with E-state index in [2.05, 4.69) is 15.6 Å². The quantitative estimate of drug-likeness (QED) is 0.571. The highest BCUT2D eigenvalue weighted by Gasteiger charge is 1.99. The van der Waals surface area contributed by atoms with Crippen LogP contribution in [0.15, 0.2) is 35.1 Å². The van der Waals surface area contributed by atoms with Gasteiger partial charge in [0.25, 0.3) is 5.89 Å². The fourth-order valence-electron chi connectivity index (χ4n) is 1.05. The third-order valence-electron chi connectivity index (χ3n) is 1.79. The second-order valence-corrected chi connectivity index (χ2v) is 2.79. The average Bonchev–Trinajstić information content (AvgIpc) is 2.80. The van der Waals surface area contributed by atoms with Crippen molar-refractivity contribution in [1.82, 2.24) is 10.2 Å². The number of anilines is 1. The van der Waals surface area contributed by atoms with Gasteiger partial charge in [-0.2, -0.15) is 0 Å². The minimum absolute atomic E-state index is 0.259. The SMILES string of the molecule is NNc1ccc(OCc2nnco2)cc1. The largest absolute Gasteiger partial charge is 0.484 e. The summed E-state index contributed by atoms with van der Waals surface area (Å²) in [6.45, 7) is 0.259. The zero-order valence-electron chi connectivity index (χ0n) is 7.88. The van der Waals surface area contributed by atoms with Crippen LogP contribution in [0.25, 0.3) is 0 Å². The van der Waals surface area contributed by atoms with E-state index in [0.29, 0.717) is 11.6 Å². The summed E-state index contributed by atoms with van der Waals surface area (Å²) >= 11 is 0. The third-order valence-corrected chi connectivity index (χ3v) is 1.79. The van der Waals surface area contributed by atoms with Crippen LogP contribution >= 0.6 is 0 Å². The van der Waals surface area contributed by atoms with Gasteiger partial charge in [0.1, 0.15) is 5.75 Å². The Hall–Kier alpha value is -2.08. The number of ether oxygens (including phenoxy) is 1. The Morgan fingerprint density at radius 2 is 2.13 bits per heavy atom. The molecule has 0 amide bonds. The third kappa shape index (κ3) is 2.44. The van der Waals surface area contributed by atoms with E-state index in [9.17, 15) is 0 Å². The summed E-state index contributed by atoms with van der Waals surface area (Å²) in [5.41, 5.74) is 3.35. The lowest BCUT2D eigenvalue weighted by atomic mass is 10.3. The number of benzene rings is 1. The van der Waals surface area contributed by atoms with Crippen LogP contribution in [0.1, 0.15) is 5.89 Å². The summed E-state index contributed by atoms with van der Waals surface area (Å²) in [5.74, 6) is 6.38. The van der Waals surface area contributed by atoms with Crippen molar-refractivity contribution < 1.29 is 9.15 Å². The molecule has 0 aliphatic carbocycles. The Kier molecular flexibility index (Phi) is 2.80. The summed E-state index contributed by atoms with van der Waals surface area (Å²) in [4.78, 5) is 0. The first kappa shape index (κ1) is 9.47. The Labute approximate surface area is 86.0 Å². The summed E-state index contributed by atoms with van der Waals surface area (Å²) < 4.78 is 10.3. The molecule has 1 heterocycles. The second kappa shape index (κ2) is 4.43.